The number of allylic oxidation sites excluding steroid dienone is 1. The molecule has 6 rings (SSSR count). The predicted molar refractivity (Wildman–Crippen MR) is 290 cm³/mol. The second-order valence-corrected chi connectivity index (χ2v) is 25.0. The molecule has 21 heteroatoms. The molecule has 79 heavy (non-hydrogen) atoms. The monoisotopic (exact) mass is 1140 g/mol. The highest BCUT2D eigenvalue weighted by molar-refractivity contribution is 8.76. The fourth-order valence-electron chi connectivity index (χ4n) is 11.2. The summed E-state index contributed by atoms with van der Waals surface area (Å²) in [5, 5.41) is 2.77. The van der Waals surface area contributed by atoms with Crippen LogP contribution in [0.25, 0.3) is 0 Å². The molecule has 9 atom stereocenters. The summed E-state index contributed by atoms with van der Waals surface area (Å²) >= 11 is 0. The minimum absolute atomic E-state index is 0.0175. The number of ketones is 1. The standard InChI is InChI=1S/C58H75NO18S2/c1-34-41-30-44(63)57(10)26-25-45-58(33-71-45,76-37(4)62)51(57)49(75-52(66)39-21-15-12-16-22-39)42(56(41,8)9)29-43(34)73-53(67)50(48(38-19-13-11-14-20-38)59-54(68)77-55(5,6)7)74-47(65)24-18-28-79-78-27-17-23-46(64)72-40(31-69-35(2)60)32-70-36(3)61/h11-16,19-22,40,42-43,45,48-51H,17-18,23-33H2,1-10H3,(H,59,68)/t42?,43-,45+,48-,49+,50?,51?,57-,58-/m0/s1. The van der Waals surface area contributed by atoms with Gasteiger partial charge in [0.2, 0.25) is 6.10 Å². The maximum absolute atomic E-state index is 15.2. The van der Waals surface area contributed by atoms with E-state index >= 15 is 9.59 Å². The highest BCUT2D eigenvalue weighted by Crippen LogP contribution is 2.63. The molecule has 2 aromatic carbocycles. The SMILES string of the molecule is CC(=O)OCC(COC(C)=O)OC(=O)CCCSSCCCC(=O)OC(C(=O)O[C@H]1CC2[C@@H](OC(=O)c3ccccc3)C3[C@@](C)(CC[C@H]4OC[C@@]34OC(C)=O)C(=O)CC(=C1C)C2(C)C)[C@@H](NC(=O)OC(C)(C)C)c1ccccc1. The molecule has 2 saturated carbocycles. The predicted octanol–water partition coefficient (Wildman–Crippen LogP) is 8.73. The number of carbonyl (C=O) groups excluding carboxylic acids is 9. The van der Waals surface area contributed by atoms with E-state index in [1.807, 2.05) is 20.8 Å². The number of nitrogens with one attached hydrogen (secondary N) is 1. The average molecular weight is 1140 g/mol. The molecule has 2 bridgehead atoms. The maximum atomic E-state index is 15.2. The highest BCUT2D eigenvalue weighted by Gasteiger charge is 2.72. The molecule has 19 nitrogen and oxygen atoms in total. The van der Waals surface area contributed by atoms with Crippen LogP contribution in [0.2, 0.25) is 0 Å². The molecule has 1 amide bonds. The van der Waals surface area contributed by atoms with E-state index in [9.17, 15) is 33.6 Å². The first-order chi connectivity index (χ1) is 37.2. The van der Waals surface area contributed by atoms with Crippen molar-refractivity contribution < 1.29 is 85.8 Å². The first kappa shape index (κ1) is 62.3. The van der Waals surface area contributed by atoms with Crippen LogP contribution in [-0.2, 0) is 76.2 Å². The number of benzene rings is 2. The van der Waals surface area contributed by atoms with Crippen molar-refractivity contribution >= 4 is 75.2 Å². The number of fused-ring (bicyclic) bond motifs is 5. The summed E-state index contributed by atoms with van der Waals surface area (Å²) in [5.41, 5.74) is -2.30. The zero-order valence-electron chi connectivity index (χ0n) is 46.7. The number of esters is 7. The fraction of sp³-hybridized carbons (Fsp3) is 0.603. The van der Waals surface area contributed by atoms with E-state index in [1.165, 1.54) is 42.4 Å². The van der Waals surface area contributed by atoms with Crippen LogP contribution in [0.1, 0.15) is 143 Å². The summed E-state index contributed by atoms with van der Waals surface area (Å²) in [7, 11) is 2.93. The van der Waals surface area contributed by atoms with Crippen molar-refractivity contribution in [3.05, 3.63) is 82.9 Å². The van der Waals surface area contributed by atoms with Gasteiger partial charge in [0.1, 0.15) is 49.0 Å². The third-order valence-electron chi connectivity index (χ3n) is 15.0. The Morgan fingerprint density at radius 3 is 1.91 bits per heavy atom. The molecule has 1 aliphatic heterocycles. The molecule has 432 valence electrons. The Labute approximate surface area is 469 Å². The van der Waals surface area contributed by atoms with Crippen LogP contribution in [0.4, 0.5) is 4.79 Å². The van der Waals surface area contributed by atoms with Gasteiger partial charge in [0.15, 0.2) is 11.7 Å². The largest absolute Gasteiger partial charge is 0.462 e. The van der Waals surface area contributed by atoms with Crippen LogP contribution < -0.4 is 5.32 Å². The number of Topliss-reactive ketones (excluding diaryl/α,β-unsaturated/α-hetero) is 1. The molecule has 2 aromatic rings. The van der Waals surface area contributed by atoms with Gasteiger partial charge < -0.3 is 47.9 Å². The molecule has 1 N–H and O–H groups in total. The number of alkyl carbamates (subject to hydrolysis) is 1. The molecule has 1 heterocycles. The van der Waals surface area contributed by atoms with Crippen LogP contribution in [0.5, 0.6) is 0 Å². The third-order valence-corrected chi connectivity index (χ3v) is 17.6. The fourth-order valence-corrected chi connectivity index (χ4v) is 13.4. The zero-order valence-corrected chi connectivity index (χ0v) is 48.4. The Kier molecular flexibility index (Phi) is 21.3. The number of hydrogen-bond donors (Lipinski definition) is 1. The van der Waals surface area contributed by atoms with Gasteiger partial charge in [-0.05, 0) is 88.5 Å². The Morgan fingerprint density at radius 1 is 0.785 bits per heavy atom. The smallest absolute Gasteiger partial charge is 0.408 e. The second kappa shape index (κ2) is 27.0. The first-order valence-electron chi connectivity index (χ1n) is 26.7. The highest BCUT2D eigenvalue weighted by atomic mass is 33.1. The summed E-state index contributed by atoms with van der Waals surface area (Å²) in [6.45, 7) is 15.8. The van der Waals surface area contributed by atoms with Crippen molar-refractivity contribution in [1.82, 2.24) is 5.32 Å². The van der Waals surface area contributed by atoms with Crippen LogP contribution in [-0.4, -0.2) is 127 Å². The van der Waals surface area contributed by atoms with Gasteiger partial charge in [0.25, 0.3) is 0 Å². The third kappa shape index (κ3) is 15.9. The average Bonchev–Trinajstić information content (AvgIpc) is 3.39. The van der Waals surface area contributed by atoms with Gasteiger partial charge in [-0.2, -0.15) is 0 Å². The number of hydrogen-bond acceptors (Lipinski definition) is 20. The van der Waals surface area contributed by atoms with Gasteiger partial charge in [-0.25, -0.2) is 14.4 Å². The van der Waals surface area contributed by atoms with Crippen LogP contribution in [0, 0.1) is 22.7 Å². The van der Waals surface area contributed by atoms with Crippen molar-refractivity contribution in [1.29, 1.82) is 0 Å². The number of carbonyl (C=O) groups is 9. The van der Waals surface area contributed by atoms with Crippen LogP contribution >= 0.6 is 21.6 Å². The summed E-state index contributed by atoms with van der Waals surface area (Å²) in [4.78, 5) is 120. The van der Waals surface area contributed by atoms with Crippen molar-refractivity contribution in [3.63, 3.8) is 0 Å². The van der Waals surface area contributed by atoms with E-state index in [1.54, 1.807) is 88.4 Å². The van der Waals surface area contributed by atoms with Gasteiger partial charge in [-0.3, -0.25) is 28.8 Å². The van der Waals surface area contributed by atoms with Crippen molar-refractivity contribution in [3.8, 4) is 0 Å². The Balaban J connectivity index is 1.24. The molecule has 0 aromatic heterocycles. The molecule has 0 radical (unpaired) electrons. The van der Waals surface area contributed by atoms with Gasteiger partial charge in [0.05, 0.1) is 18.1 Å². The quantitative estimate of drug-likeness (QED) is 0.0359. The minimum atomic E-state index is -1.76. The lowest BCUT2D eigenvalue weighted by atomic mass is 9.47. The molecule has 1 saturated heterocycles. The number of amides is 1. The molecule has 0 spiro atoms. The van der Waals surface area contributed by atoms with Gasteiger partial charge in [-0.1, -0.05) is 96.5 Å². The van der Waals surface area contributed by atoms with E-state index < -0.39 is 118 Å². The van der Waals surface area contributed by atoms with Gasteiger partial charge in [0, 0.05) is 62.9 Å². The maximum Gasteiger partial charge on any atom is 0.408 e. The number of ether oxygens (including phenoxy) is 9. The van der Waals surface area contributed by atoms with Crippen LogP contribution in [0.3, 0.4) is 0 Å². The molecule has 3 fully saturated rings. The van der Waals surface area contributed by atoms with Crippen LogP contribution in [0.15, 0.2) is 71.8 Å². The minimum Gasteiger partial charge on any atom is -0.462 e. The normalized spacial score (nSPS) is 24.7. The molecule has 3 aliphatic carbocycles. The summed E-state index contributed by atoms with van der Waals surface area (Å²) in [6.07, 6.45) is -4.78. The lowest BCUT2D eigenvalue weighted by molar-refractivity contribution is -0.319. The molecule has 4 aliphatic rings. The lowest BCUT2D eigenvalue weighted by Gasteiger charge is -2.64. The Bertz CT molecular complexity index is 2570. The zero-order chi connectivity index (χ0) is 57.9. The molecular formula is C58H75NO18S2. The van der Waals surface area contributed by atoms with E-state index in [-0.39, 0.29) is 56.9 Å². The number of rotatable bonds is 23. The summed E-state index contributed by atoms with van der Waals surface area (Å²) in [5.74, 6) is -5.33. The summed E-state index contributed by atoms with van der Waals surface area (Å²) < 4.78 is 52.4. The second-order valence-electron chi connectivity index (χ2n) is 22.3. The van der Waals surface area contributed by atoms with Crippen molar-refractivity contribution in [2.75, 3.05) is 31.3 Å². The lowest BCUT2D eigenvalue weighted by Crippen LogP contribution is -2.75. The van der Waals surface area contributed by atoms with Gasteiger partial charge >= 0.3 is 47.9 Å². The molecular weight excluding hydrogens is 1060 g/mol. The van der Waals surface area contributed by atoms with E-state index in [0.717, 1.165) is 0 Å². The van der Waals surface area contributed by atoms with E-state index in [2.05, 4.69) is 5.32 Å². The van der Waals surface area contributed by atoms with E-state index in [0.29, 0.717) is 53.9 Å². The summed E-state index contributed by atoms with van der Waals surface area (Å²) in [6, 6.07) is 15.6. The van der Waals surface area contributed by atoms with Gasteiger partial charge in [-0.15, -0.1) is 0 Å². The topological polar surface area (TPSA) is 249 Å². The first-order valence-corrected chi connectivity index (χ1v) is 29.2. The Hall–Kier alpha value is -5.93. The Morgan fingerprint density at radius 2 is 1.37 bits per heavy atom. The van der Waals surface area contributed by atoms with E-state index in [4.69, 9.17) is 42.6 Å². The van der Waals surface area contributed by atoms with Crippen molar-refractivity contribution in [2.45, 2.75) is 168 Å². The molecule has 3 unspecified atom stereocenters. The van der Waals surface area contributed by atoms with Crippen molar-refractivity contribution in [2.24, 2.45) is 22.7 Å².